The minimum Gasteiger partial charge on any atom is -0.352 e. The third-order valence-corrected chi connectivity index (χ3v) is 7.44. The van der Waals surface area contributed by atoms with Gasteiger partial charge >= 0.3 is 0 Å². The molecule has 2 saturated carbocycles. The van der Waals surface area contributed by atoms with Crippen LogP contribution in [0.2, 0.25) is 0 Å². The molecule has 2 aliphatic carbocycles. The summed E-state index contributed by atoms with van der Waals surface area (Å²) in [6, 6.07) is 8.25. The average Bonchev–Trinajstić information content (AvgIpc) is 3.22. The molecule has 1 N–H and O–H groups in total. The summed E-state index contributed by atoms with van der Waals surface area (Å²) in [4.78, 5) is 18.5. The first-order valence-corrected chi connectivity index (χ1v) is 12.4. The number of hydrogen-bond donors (Lipinski definition) is 1. The summed E-state index contributed by atoms with van der Waals surface area (Å²) in [6.07, 6.45) is 10.2. The highest BCUT2D eigenvalue weighted by Gasteiger charge is 2.36. The van der Waals surface area contributed by atoms with Crippen LogP contribution in [0.25, 0.3) is 22.4 Å². The number of rotatable bonds is 5. The number of benzene rings is 2. The largest absolute Gasteiger partial charge is 0.352 e. The van der Waals surface area contributed by atoms with E-state index in [1.54, 1.807) is 10.6 Å². The van der Waals surface area contributed by atoms with Gasteiger partial charge in [0.2, 0.25) is 5.91 Å². The second kappa shape index (κ2) is 9.80. The number of nitrogens with zero attached hydrogens (tertiary/aromatic N) is 2. The molecule has 2 aromatic carbocycles. The van der Waals surface area contributed by atoms with Gasteiger partial charge in [-0.05, 0) is 49.8 Å². The summed E-state index contributed by atoms with van der Waals surface area (Å²) in [5, 5.41) is 3.27. The highest BCUT2D eigenvalue weighted by atomic mass is 19.2. The van der Waals surface area contributed by atoms with Gasteiger partial charge in [0.05, 0.1) is 16.6 Å². The first kappa shape index (κ1) is 22.9. The Hall–Kier alpha value is -2.83. The molecule has 0 bridgehead atoms. The summed E-state index contributed by atoms with van der Waals surface area (Å²) in [6.45, 7) is 0. The van der Waals surface area contributed by atoms with Gasteiger partial charge in [-0.25, -0.2) is 18.2 Å². The van der Waals surface area contributed by atoms with E-state index in [1.165, 1.54) is 6.42 Å². The number of imidazole rings is 1. The lowest BCUT2D eigenvalue weighted by molar-refractivity contribution is -0.127. The highest BCUT2D eigenvalue weighted by Crippen LogP contribution is 2.39. The number of para-hydroxylation sites is 2. The summed E-state index contributed by atoms with van der Waals surface area (Å²) in [7, 11) is 0. The van der Waals surface area contributed by atoms with Gasteiger partial charge in [-0.3, -0.25) is 4.79 Å². The molecule has 1 unspecified atom stereocenters. The van der Waals surface area contributed by atoms with Crippen LogP contribution in [0.1, 0.15) is 70.3 Å². The molecule has 0 aliphatic heterocycles. The van der Waals surface area contributed by atoms with Crippen molar-refractivity contribution in [2.75, 3.05) is 0 Å². The van der Waals surface area contributed by atoms with Gasteiger partial charge in [-0.2, -0.15) is 0 Å². The van der Waals surface area contributed by atoms with Crippen molar-refractivity contribution < 1.29 is 18.0 Å². The smallest absolute Gasteiger partial charge is 0.243 e. The molecule has 1 amide bonds. The van der Waals surface area contributed by atoms with Gasteiger partial charge in [0, 0.05) is 12.1 Å². The quantitative estimate of drug-likeness (QED) is 0.423. The standard InChI is InChI=1S/C27H30F3N3O/c28-20-16-22(30)21(29)15-19(20)26-32-23-13-7-8-14-24(23)33(26)25(17-9-3-1-4-10-17)27(34)31-18-11-5-2-6-12-18/h7-8,13-18,25H,1-6,9-12H2,(H,31,34). The molecule has 1 aromatic heterocycles. The Bertz CT molecular complexity index is 1180. The fourth-order valence-corrected chi connectivity index (χ4v) is 5.74. The van der Waals surface area contributed by atoms with Crippen molar-refractivity contribution in [2.45, 2.75) is 76.3 Å². The molecule has 34 heavy (non-hydrogen) atoms. The molecule has 3 aromatic rings. The van der Waals surface area contributed by atoms with Crippen LogP contribution in [-0.2, 0) is 4.79 Å². The molecule has 2 fully saturated rings. The summed E-state index contributed by atoms with van der Waals surface area (Å²) in [5.74, 6) is -3.16. The minimum atomic E-state index is -1.25. The summed E-state index contributed by atoms with van der Waals surface area (Å²) in [5.41, 5.74) is 1.14. The van der Waals surface area contributed by atoms with Crippen LogP contribution in [0.4, 0.5) is 13.2 Å². The Balaban J connectivity index is 1.65. The number of fused-ring (bicyclic) bond motifs is 1. The zero-order valence-electron chi connectivity index (χ0n) is 19.2. The second-order valence-corrected chi connectivity index (χ2v) is 9.73. The third kappa shape index (κ3) is 4.44. The van der Waals surface area contributed by atoms with Crippen molar-refractivity contribution in [3.63, 3.8) is 0 Å². The number of halogens is 3. The van der Waals surface area contributed by atoms with Gasteiger partial charge in [-0.15, -0.1) is 0 Å². The van der Waals surface area contributed by atoms with Gasteiger partial charge < -0.3 is 9.88 Å². The van der Waals surface area contributed by atoms with Crippen molar-refractivity contribution in [3.8, 4) is 11.4 Å². The van der Waals surface area contributed by atoms with Crippen LogP contribution < -0.4 is 5.32 Å². The number of carbonyl (C=O) groups excluding carboxylic acids is 1. The molecule has 5 rings (SSSR count). The number of amides is 1. The van der Waals surface area contributed by atoms with Gasteiger partial charge in [0.1, 0.15) is 17.7 Å². The fourth-order valence-electron chi connectivity index (χ4n) is 5.74. The first-order chi connectivity index (χ1) is 16.5. The third-order valence-electron chi connectivity index (χ3n) is 7.44. The Morgan fingerprint density at radius 1 is 0.882 bits per heavy atom. The van der Waals surface area contributed by atoms with Crippen molar-refractivity contribution in [2.24, 2.45) is 5.92 Å². The van der Waals surface area contributed by atoms with E-state index in [0.29, 0.717) is 17.1 Å². The molecule has 2 aliphatic rings. The van der Waals surface area contributed by atoms with E-state index in [0.717, 1.165) is 63.9 Å². The molecule has 180 valence electrons. The minimum absolute atomic E-state index is 0.0575. The summed E-state index contributed by atoms with van der Waals surface area (Å²) >= 11 is 0. The van der Waals surface area contributed by atoms with Gasteiger partial charge in [-0.1, -0.05) is 50.7 Å². The van der Waals surface area contributed by atoms with Gasteiger partial charge in [0.25, 0.3) is 0 Å². The normalized spacial score (nSPS) is 18.8. The maximum Gasteiger partial charge on any atom is 0.243 e. The van der Waals surface area contributed by atoms with E-state index < -0.39 is 23.5 Å². The van der Waals surface area contributed by atoms with E-state index in [-0.39, 0.29) is 29.3 Å². The molecule has 0 radical (unpaired) electrons. The number of aromatic nitrogens is 2. The molecule has 0 saturated heterocycles. The SMILES string of the molecule is O=C(NC1CCCCC1)C(C1CCCCC1)n1c(-c2cc(F)c(F)cc2F)nc2ccccc21. The van der Waals surface area contributed by atoms with Crippen molar-refractivity contribution in [1.29, 1.82) is 0 Å². The van der Waals surface area contributed by atoms with Crippen LogP contribution in [0.15, 0.2) is 36.4 Å². The summed E-state index contributed by atoms with van der Waals surface area (Å²) < 4.78 is 44.6. The Morgan fingerprint density at radius 2 is 1.53 bits per heavy atom. The van der Waals surface area contributed by atoms with Crippen LogP contribution in [-0.4, -0.2) is 21.5 Å². The van der Waals surface area contributed by atoms with E-state index in [1.807, 2.05) is 18.2 Å². The van der Waals surface area contributed by atoms with Crippen LogP contribution in [0, 0.1) is 23.4 Å². The molecular weight excluding hydrogens is 439 g/mol. The van der Waals surface area contributed by atoms with Crippen molar-refractivity contribution in [1.82, 2.24) is 14.9 Å². The monoisotopic (exact) mass is 469 g/mol. The molecule has 1 heterocycles. The zero-order valence-corrected chi connectivity index (χ0v) is 19.2. The highest BCUT2D eigenvalue weighted by molar-refractivity contribution is 5.87. The molecule has 7 heteroatoms. The maximum absolute atomic E-state index is 14.9. The van der Waals surface area contributed by atoms with Crippen LogP contribution in [0.3, 0.4) is 0 Å². The van der Waals surface area contributed by atoms with E-state index >= 15 is 0 Å². The zero-order chi connectivity index (χ0) is 23.7. The van der Waals surface area contributed by atoms with Crippen LogP contribution in [0.5, 0.6) is 0 Å². The average molecular weight is 470 g/mol. The number of carbonyl (C=O) groups is 1. The molecule has 4 nitrogen and oxygen atoms in total. The number of nitrogens with one attached hydrogen (secondary N) is 1. The first-order valence-electron chi connectivity index (χ1n) is 12.4. The van der Waals surface area contributed by atoms with E-state index in [4.69, 9.17) is 0 Å². The lowest BCUT2D eigenvalue weighted by Gasteiger charge is -2.33. The number of hydrogen-bond acceptors (Lipinski definition) is 2. The van der Waals surface area contributed by atoms with E-state index in [9.17, 15) is 18.0 Å². The van der Waals surface area contributed by atoms with Crippen LogP contribution >= 0.6 is 0 Å². The van der Waals surface area contributed by atoms with Gasteiger partial charge in [0.15, 0.2) is 11.6 Å². The van der Waals surface area contributed by atoms with Crippen molar-refractivity contribution in [3.05, 3.63) is 53.8 Å². The predicted molar refractivity (Wildman–Crippen MR) is 126 cm³/mol. The van der Waals surface area contributed by atoms with Crippen molar-refractivity contribution >= 4 is 16.9 Å². The Morgan fingerprint density at radius 3 is 2.26 bits per heavy atom. The second-order valence-electron chi connectivity index (χ2n) is 9.73. The predicted octanol–water partition coefficient (Wildman–Crippen LogP) is 6.69. The lowest BCUT2D eigenvalue weighted by Crippen LogP contribution is -2.43. The Kier molecular flexibility index (Phi) is 6.61. The molecule has 0 spiro atoms. The topological polar surface area (TPSA) is 46.9 Å². The maximum atomic E-state index is 14.9. The fraction of sp³-hybridized carbons (Fsp3) is 0.481. The van der Waals surface area contributed by atoms with E-state index in [2.05, 4.69) is 10.3 Å². The Labute approximate surface area is 197 Å². The lowest BCUT2D eigenvalue weighted by atomic mass is 9.82. The molecular formula is C27H30F3N3O. The molecule has 1 atom stereocenters.